The molecular formula is C14H22N4O. The molecule has 19 heavy (non-hydrogen) atoms. The van der Waals surface area contributed by atoms with Crippen LogP contribution in [-0.2, 0) is 13.1 Å². The Morgan fingerprint density at radius 3 is 2.95 bits per heavy atom. The average molecular weight is 262 g/mol. The number of nitrogens with one attached hydrogen (secondary N) is 1. The van der Waals surface area contributed by atoms with Crippen molar-refractivity contribution in [1.82, 2.24) is 20.0 Å². The monoisotopic (exact) mass is 262 g/mol. The van der Waals surface area contributed by atoms with Gasteiger partial charge in [0.05, 0.1) is 6.54 Å². The van der Waals surface area contributed by atoms with Gasteiger partial charge in [0.15, 0.2) is 5.82 Å². The maximum absolute atomic E-state index is 5.22. The lowest BCUT2D eigenvalue weighted by molar-refractivity contribution is 0.359. The van der Waals surface area contributed by atoms with E-state index in [1.54, 1.807) is 0 Å². The smallest absolute Gasteiger partial charge is 0.229 e. The highest BCUT2D eigenvalue weighted by Gasteiger charge is 2.11. The quantitative estimate of drug-likeness (QED) is 0.779. The Balaban J connectivity index is 2.00. The van der Waals surface area contributed by atoms with E-state index in [1.165, 1.54) is 5.69 Å². The van der Waals surface area contributed by atoms with Gasteiger partial charge < -0.3 is 14.4 Å². The normalized spacial score (nSPS) is 11.4. The first-order valence-corrected chi connectivity index (χ1v) is 6.88. The second-order valence-corrected chi connectivity index (χ2v) is 5.01. The van der Waals surface area contributed by atoms with Gasteiger partial charge in [-0.05, 0) is 25.1 Å². The second-order valence-electron chi connectivity index (χ2n) is 5.01. The van der Waals surface area contributed by atoms with Crippen molar-refractivity contribution in [2.45, 2.75) is 46.2 Å². The summed E-state index contributed by atoms with van der Waals surface area (Å²) in [6, 6.07) is 4.17. The van der Waals surface area contributed by atoms with Crippen molar-refractivity contribution >= 4 is 0 Å². The Bertz CT molecular complexity index is 501. The maximum atomic E-state index is 5.22. The lowest BCUT2D eigenvalue weighted by Gasteiger charge is -2.07. The van der Waals surface area contributed by atoms with Crippen LogP contribution >= 0.6 is 0 Å². The molecule has 104 valence electrons. The van der Waals surface area contributed by atoms with Gasteiger partial charge >= 0.3 is 0 Å². The van der Waals surface area contributed by atoms with Gasteiger partial charge in [-0.25, -0.2) is 0 Å². The van der Waals surface area contributed by atoms with Crippen LogP contribution in [0.1, 0.15) is 50.5 Å². The topological polar surface area (TPSA) is 55.9 Å². The molecule has 0 amide bonds. The fourth-order valence-electron chi connectivity index (χ4n) is 1.88. The van der Waals surface area contributed by atoms with Gasteiger partial charge in [0.2, 0.25) is 5.89 Å². The van der Waals surface area contributed by atoms with Crippen LogP contribution in [0, 0.1) is 0 Å². The Hall–Kier alpha value is -1.62. The van der Waals surface area contributed by atoms with Crippen LogP contribution < -0.4 is 5.32 Å². The van der Waals surface area contributed by atoms with Gasteiger partial charge in [-0.15, -0.1) is 0 Å². The fourth-order valence-corrected chi connectivity index (χ4v) is 1.88. The van der Waals surface area contributed by atoms with Crippen LogP contribution in [-0.4, -0.2) is 21.3 Å². The van der Waals surface area contributed by atoms with E-state index in [9.17, 15) is 0 Å². The molecule has 0 bridgehead atoms. The van der Waals surface area contributed by atoms with E-state index in [4.69, 9.17) is 4.52 Å². The predicted molar refractivity (Wildman–Crippen MR) is 73.9 cm³/mol. The van der Waals surface area contributed by atoms with E-state index in [1.807, 2.05) is 26.1 Å². The molecule has 0 spiro atoms. The number of hydrogen-bond donors (Lipinski definition) is 1. The van der Waals surface area contributed by atoms with Crippen LogP contribution in [0.15, 0.2) is 22.9 Å². The van der Waals surface area contributed by atoms with E-state index >= 15 is 0 Å². The zero-order valence-corrected chi connectivity index (χ0v) is 11.9. The third-order valence-electron chi connectivity index (χ3n) is 2.95. The molecule has 2 rings (SSSR count). The minimum Gasteiger partial charge on any atom is -0.342 e. The number of nitrogens with zero attached hydrogens (tertiary/aromatic N) is 3. The summed E-state index contributed by atoms with van der Waals surface area (Å²) in [4.78, 5) is 4.40. The summed E-state index contributed by atoms with van der Waals surface area (Å²) >= 11 is 0. The Labute approximate surface area is 114 Å². The predicted octanol–water partition coefficient (Wildman–Crippen LogP) is 2.54. The molecule has 0 atom stereocenters. The van der Waals surface area contributed by atoms with E-state index < -0.39 is 0 Å². The minimum atomic E-state index is 0.275. The molecule has 0 radical (unpaired) electrons. The molecule has 1 N–H and O–H groups in total. The third kappa shape index (κ3) is 3.67. The van der Waals surface area contributed by atoms with Crippen molar-refractivity contribution in [1.29, 1.82) is 0 Å². The highest BCUT2D eigenvalue weighted by molar-refractivity contribution is 5.08. The van der Waals surface area contributed by atoms with Crippen LogP contribution in [0.2, 0.25) is 0 Å². The largest absolute Gasteiger partial charge is 0.342 e. The van der Waals surface area contributed by atoms with Crippen molar-refractivity contribution in [3.63, 3.8) is 0 Å². The first-order valence-electron chi connectivity index (χ1n) is 6.88. The minimum absolute atomic E-state index is 0.275. The first kappa shape index (κ1) is 13.8. The van der Waals surface area contributed by atoms with Gasteiger partial charge in [-0.3, -0.25) is 0 Å². The summed E-state index contributed by atoms with van der Waals surface area (Å²) in [5.41, 5.74) is 1.24. The Morgan fingerprint density at radius 1 is 1.42 bits per heavy atom. The molecule has 2 aromatic rings. The van der Waals surface area contributed by atoms with Gasteiger partial charge in [0, 0.05) is 24.4 Å². The molecule has 0 aliphatic heterocycles. The molecule has 2 heterocycles. The molecule has 5 heteroatoms. The van der Waals surface area contributed by atoms with E-state index in [-0.39, 0.29) is 5.92 Å². The van der Waals surface area contributed by atoms with Crippen molar-refractivity contribution in [3.05, 3.63) is 35.7 Å². The summed E-state index contributed by atoms with van der Waals surface area (Å²) in [7, 11) is 0. The van der Waals surface area contributed by atoms with Crippen molar-refractivity contribution in [3.8, 4) is 0 Å². The lowest BCUT2D eigenvalue weighted by Crippen LogP contribution is -2.17. The van der Waals surface area contributed by atoms with E-state index in [0.717, 1.165) is 25.3 Å². The van der Waals surface area contributed by atoms with Gasteiger partial charge in [-0.2, -0.15) is 4.98 Å². The zero-order valence-electron chi connectivity index (χ0n) is 11.9. The number of rotatable bonds is 7. The molecule has 0 aliphatic carbocycles. The average Bonchev–Trinajstić information content (AvgIpc) is 3.00. The Morgan fingerprint density at radius 2 is 2.26 bits per heavy atom. The van der Waals surface area contributed by atoms with Crippen LogP contribution in [0.3, 0.4) is 0 Å². The molecule has 2 aromatic heterocycles. The highest BCUT2D eigenvalue weighted by atomic mass is 16.5. The third-order valence-corrected chi connectivity index (χ3v) is 2.95. The fraction of sp³-hybridized carbons (Fsp3) is 0.571. The first-order chi connectivity index (χ1) is 9.20. The summed E-state index contributed by atoms with van der Waals surface area (Å²) < 4.78 is 7.37. The van der Waals surface area contributed by atoms with Crippen molar-refractivity contribution in [2.24, 2.45) is 0 Å². The summed E-state index contributed by atoms with van der Waals surface area (Å²) in [6.45, 7) is 8.83. The molecule has 5 nitrogen and oxygen atoms in total. The van der Waals surface area contributed by atoms with Crippen molar-refractivity contribution < 1.29 is 4.52 Å². The molecule has 0 saturated carbocycles. The molecule has 0 saturated heterocycles. The molecule has 0 fully saturated rings. The van der Waals surface area contributed by atoms with E-state index in [0.29, 0.717) is 12.4 Å². The Kier molecular flexibility index (Phi) is 4.74. The second kappa shape index (κ2) is 6.52. The molecule has 0 aromatic carbocycles. The van der Waals surface area contributed by atoms with E-state index in [2.05, 4.69) is 33.0 Å². The SMILES string of the molecule is CCCNCc1cccn1Cc1noc(C(C)C)n1. The molecule has 0 aliphatic rings. The highest BCUT2D eigenvalue weighted by Crippen LogP contribution is 2.12. The number of hydrogen-bond acceptors (Lipinski definition) is 4. The van der Waals surface area contributed by atoms with Gasteiger partial charge in [0.25, 0.3) is 0 Å². The van der Waals surface area contributed by atoms with Crippen LogP contribution in [0.4, 0.5) is 0 Å². The summed E-state index contributed by atoms with van der Waals surface area (Å²) in [6.07, 6.45) is 3.19. The van der Waals surface area contributed by atoms with Gasteiger partial charge in [0.1, 0.15) is 0 Å². The standard InChI is InChI=1S/C14H22N4O/c1-4-7-15-9-12-6-5-8-18(12)10-13-16-14(11(2)3)19-17-13/h5-6,8,11,15H,4,7,9-10H2,1-3H3. The molecule has 0 unspecified atom stereocenters. The summed E-state index contributed by atoms with van der Waals surface area (Å²) in [5.74, 6) is 1.71. The maximum Gasteiger partial charge on any atom is 0.229 e. The van der Waals surface area contributed by atoms with Crippen LogP contribution in [0.5, 0.6) is 0 Å². The lowest BCUT2D eigenvalue weighted by atomic mass is 10.2. The summed E-state index contributed by atoms with van der Waals surface area (Å²) in [5, 5.41) is 7.42. The number of aromatic nitrogens is 3. The van der Waals surface area contributed by atoms with Crippen molar-refractivity contribution in [2.75, 3.05) is 6.54 Å². The van der Waals surface area contributed by atoms with Gasteiger partial charge in [-0.1, -0.05) is 25.9 Å². The zero-order chi connectivity index (χ0) is 13.7. The molecular weight excluding hydrogens is 240 g/mol. The van der Waals surface area contributed by atoms with Crippen LogP contribution in [0.25, 0.3) is 0 Å².